The largest absolute Gasteiger partial charge is 0.457 e. The Kier molecular flexibility index (Phi) is 10.7. The van der Waals surface area contributed by atoms with Gasteiger partial charge in [-0.2, -0.15) is 0 Å². The minimum atomic E-state index is -0.740. The summed E-state index contributed by atoms with van der Waals surface area (Å²) in [6.45, 7) is 8.44. The van der Waals surface area contributed by atoms with E-state index < -0.39 is 11.7 Å². The molecule has 3 nitrogen and oxygen atoms in total. The minimum absolute atomic E-state index is 0.332. The number of methoxy groups -OCH3 is 1. The summed E-state index contributed by atoms with van der Waals surface area (Å²) in [6.07, 6.45) is 13.0. The molecule has 0 heterocycles. The number of unbranched alkanes of at least 4 members (excludes halogenated alkanes) is 3. The van der Waals surface area contributed by atoms with Crippen molar-refractivity contribution in [2.45, 2.75) is 84.3 Å². The van der Waals surface area contributed by atoms with E-state index in [1.54, 1.807) is 7.11 Å². The van der Waals surface area contributed by atoms with Crippen molar-refractivity contribution in [3.8, 4) is 0 Å². The smallest absolute Gasteiger partial charge is 0.340 e. The van der Waals surface area contributed by atoms with Gasteiger partial charge in [0.15, 0.2) is 6.10 Å². The third-order valence-corrected chi connectivity index (χ3v) is 5.79. The van der Waals surface area contributed by atoms with Crippen LogP contribution in [0.15, 0.2) is 66.3 Å². The van der Waals surface area contributed by atoms with E-state index in [4.69, 9.17) is 9.47 Å². The second kappa shape index (κ2) is 13.2. The summed E-state index contributed by atoms with van der Waals surface area (Å²) in [5.74, 6) is -0.332. The van der Waals surface area contributed by atoms with Gasteiger partial charge in [-0.3, -0.25) is 0 Å². The lowest BCUT2D eigenvalue weighted by atomic mass is 9.94. The first-order valence-corrected chi connectivity index (χ1v) is 11.9. The Morgan fingerprint density at radius 2 is 1.78 bits per heavy atom. The van der Waals surface area contributed by atoms with Gasteiger partial charge in [-0.1, -0.05) is 80.0 Å². The van der Waals surface area contributed by atoms with Crippen molar-refractivity contribution < 1.29 is 14.3 Å². The molecule has 0 spiro atoms. The summed E-state index contributed by atoms with van der Waals surface area (Å²) in [5.41, 5.74) is 1.52. The first kappa shape index (κ1) is 25.9. The number of ether oxygens (including phenoxy) is 2. The Morgan fingerprint density at radius 3 is 2.47 bits per heavy atom. The van der Waals surface area contributed by atoms with E-state index in [2.05, 4.69) is 45.1 Å². The number of benzene rings is 2. The number of hydrogen-bond acceptors (Lipinski definition) is 3. The Hall–Kier alpha value is -2.39. The first-order valence-electron chi connectivity index (χ1n) is 11.9. The minimum Gasteiger partial charge on any atom is -0.457 e. The number of carbonyl (C=O) groups is 1. The number of carbonyl (C=O) groups excluding carboxylic acids is 1. The maximum atomic E-state index is 13.2. The van der Waals surface area contributed by atoms with E-state index in [0.29, 0.717) is 6.42 Å². The second-order valence-electron chi connectivity index (χ2n) is 9.08. The van der Waals surface area contributed by atoms with Crippen LogP contribution in [0.5, 0.6) is 0 Å². The van der Waals surface area contributed by atoms with Gasteiger partial charge in [-0.25, -0.2) is 4.79 Å². The Morgan fingerprint density at radius 1 is 1.03 bits per heavy atom. The van der Waals surface area contributed by atoms with Crippen molar-refractivity contribution in [1.82, 2.24) is 0 Å². The zero-order chi connectivity index (χ0) is 23.4. The van der Waals surface area contributed by atoms with E-state index >= 15 is 0 Å². The van der Waals surface area contributed by atoms with Gasteiger partial charge in [-0.05, 0) is 68.9 Å². The fourth-order valence-corrected chi connectivity index (χ4v) is 3.86. The van der Waals surface area contributed by atoms with Crippen molar-refractivity contribution in [2.75, 3.05) is 7.11 Å². The monoisotopic (exact) mass is 436 g/mol. The lowest BCUT2D eigenvalue weighted by Gasteiger charge is -2.30. The van der Waals surface area contributed by atoms with Crippen LogP contribution in [0, 0.1) is 0 Å². The van der Waals surface area contributed by atoms with Gasteiger partial charge in [0, 0.05) is 13.5 Å². The molecule has 2 aromatic carbocycles. The summed E-state index contributed by atoms with van der Waals surface area (Å²) in [6, 6.07) is 14.1. The Bertz CT molecular complexity index is 908. The molecule has 0 fully saturated rings. The number of allylic oxidation sites excluding steroid dienone is 3. The molecular formula is C29H40O3. The molecule has 0 bridgehead atoms. The lowest BCUT2D eigenvalue weighted by molar-refractivity contribution is -0.171. The number of rotatable bonds is 13. The Labute approximate surface area is 194 Å². The van der Waals surface area contributed by atoms with E-state index in [9.17, 15) is 4.79 Å². The lowest BCUT2D eigenvalue weighted by Crippen LogP contribution is -2.34. The van der Waals surface area contributed by atoms with E-state index in [-0.39, 0.29) is 5.97 Å². The van der Waals surface area contributed by atoms with Gasteiger partial charge < -0.3 is 9.47 Å². The van der Waals surface area contributed by atoms with Gasteiger partial charge in [0.25, 0.3) is 0 Å². The van der Waals surface area contributed by atoms with Crippen LogP contribution in [-0.4, -0.2) is 18.7 Å². The molecule has 0 aromatic heterocycles. The molecule has 2 atom stereocenters. The van der Waals surface area contributed by atoms with Crippen molar-refractivity contribution in [2.24, 2.45) is 0 Å². The standard InChI is InChI=1S/C29H40O3/c1-6-7-8-9-10-13-20-29(4,21-14-15-23(2)3)32-28(30)27(31-5)26-19-18-24-16-11-12-17-25(24)22-26/h10-13,15-19,22,27H,6-9,14,20-21H2,1-5H3/b13-10+/t27?,29-/m0/s1. The fraction of sp³-hybridized carbons (Fsp3) is 0.483. The van der Waals surface area contributed by atoms with Crippen LogP contribution >= 0.6 is 0 Å². The maximum Gasteiger partial charge on any atom is 0.340 e. The predicted molar refractivity (Wildman–Crippen MR) is 135 cm³/mol. The average molecular weight is 437 g/mol. The van der Waals surface area contributed by atoms with Crippen LogP contribution in [0.25, 0.3) is 10.8 Å². The molecule has 174 valence electrons. The zero-order valence-electron chi connectivity index (χ0n) is 20.5. The van der Waals surface area contributed by atoms with Crippen molar-refractivity contribution in [3.63, 3.8) is 0 Å². The number of esters is 1. The zero-order valence-corrected chi connectivity index (χ0v) is 20.5. The molecule has 2 aromatic rings. The molecule has 32 heavy (non-hydrogen) atoms. The third-order valence-electron chi connectivity index (χ3n) is 5.79. The molecule has 0 amide bonds. The highest BCUT2D eigenvalue weighted by molar-refractivity contribution is 5.85. The molecule has 0 aliphatic rings. The van der Waals surface area contributed by atoms with Crippen LogP contribution in [0.4, 0.5) is 0 Å². The molecule has 0 saturated heterocycles. The third kappa shape index (κ3) is 8.27. The summed E-state index contributed by atoms with van der Waals surface area (Å²) < 4.78 is 11.7. The molecule has 0 aliphatic carbocycles. The van der Waals surface area contributed by atoms with Gasteiger partial charge in [0.1, 0.15) is 5.60 Å². The molecular weight excluding hydrogens is 396 g/mol. The van der Waals surface area contributed by atoms with Crippen molar-refractivity contribution in [3.05, 3.63) is 71.8 Å². The Balaban J connectivity index is 2.14. The molecule has 2 rings (SSSR count). The SMILES string of the molecule is CCCCC/C=C/C[C@@](C)(CCC=C(C)C)OC(=O)C(OC)c1ccc2ccccc2c1. The molecule has 3 heteroatoms. The molecule has 0 radical (unpaired) electrons. The van der Waals surface area contributed by atoms with Crippen LogP contribution in [-0.2, 0) is 14.3 Å². The summed E-state index contributed by atoms with van der Waals surface area (Å²) in [7, 11) is 1.56. The topological polar surface area (TPSA) is 35.5 Å². The molecule has 1 unspecified atom stereocenters. The number of fused-ring (bicyclic) bond motifs is 1. The van der Waals surface area contributed by atoms with Crippen LogP contribution in [0.1, 0.15) is 84.3 Å². The summed E-state index contributed by atoms with van der Waals surface area (Å²) in [4.78, 5) is 13.2. The highest BCUT2D eigenvalue weighted by Crippen LogP contribution is 2.29. The first-order chi connectivity index (χ1) is 15.4. The van der Waals surface area contributed by atoms with E-state index in [0.717, 1.165) is 35.6 Å². The number of hydrogen-bond donors (Lipinski definition) is 0. The average Bonchev–Trinajstić information content (AvgIpc) is 2.76. The van der Waals surface area contributed by atoms with Gasteiger partial charge in [-0.15, -0.1) is 0 Å². The molecule has 0 N–H and O–H groups in total. The van der Waals surface area contributed by atoms with Gasteiger partial charge in [0.2, 0.25) is 0 Å². The normalized spacial score (nSPS) is 14.3. The predicted octanol–water partition coefficient (Wildman–Crippen LogP) is 8.10. The summed E-state index contributed by atoms with van der Waals surface area (Å²) >= 11 is 0. The molecule has 0 saturated carbocycles. The van der Waals surface area contributed by atoms with E-state index in [1.807, 2.05) is 43.3 Å². The fourth-order valence-electron chi connectivity index (χ4n) is 3.86. The van der Waals surface area contributed by atoms with Gasteiger partial charge >= 0.3 is 5.97 Å². The summed E-state index contributed by atoms with van der Waals surface area (Å²) in [5, 5.41) is 2.22. The maximum absolute atomic E-state index is 13.2. The van der Waals surface area contributed by atoms with Crippen molar-refractivity contribution in [1.29, 1.82) is 0 Å². The van der Waals surface area contributed by atoms with Gasteiger partial charge in [0.05, 0.1) is 0 Å². The van der Waals surface area contributed by atoms with Crippen LogP contribution < -0.4 is 0 Å². The quantitative estimate of drug-likeness (QED) is 0.181. The van der Waals surface area contributed by atoms with Crippen LogP contribution in [0.2, 0.25) is 0 Å². The van der Waals surface area contributed by atoms with Crippen molar-refractivity contribution >= 4 is 16.7 Å². The molecule has 0 aliphatic heterocycles. The van der Waals surface area contributed by atoms with Crippen LogP contribution in [0.3, 0.4) is 0 Å². The highest BCUT2D eigenvalue weighted by Gasteiger charge is 2.32. The second-order valence-corrected chi connectivity index (χ2v) is 9.08. The highest BCUT2D eigenvalue weighted by atomic mass is 16.6. The van der Waals surface area contributed by atoms with E-state index in [1.165, 1.54) is 24.8 Å².